The number of Topliss-reactive ketones (excluding diaryl/α,β-unsaturated/α-hetero) is 1. The standard InChI is InChI=1S/C53H75F3N6O8/c1-29(2)40-34(63)27-52(59-45(69)51(15-10-16-51)58-42(65)33-26-37(53(54,55)56)60-62(33)39(64)28-61-23-21-57-22-24-61)20-19-49(8)30(41(40)52)11-12-36-48(7)17-14-38(47(5,6)35(48)13-18-50(36,49)9)70-44(68)32-25-31(43(66)67)46(32,3)4/h26,29-32,35-36,38,57H,10-25,27-28H2,1-9H3,(H,58,65)(H,59,69)(H,66,67)/t30-,31+,32-,35+,36-,38+,48+,49-,50-,52-/m1/s1. The second-order valence-electron chi connectivity index (χ2n) is 25.2. The van der Waals surface area contributed by atoms with Crippen LogP contribution in [-0.2, 0) is 30.1 Å². The van der Waals surface area contributed by atoms with Crippen LogP contribution < -0.4 is 16.0 Å². The molecular formula is C53H75F3N6O8. The van der Waals surface area contributed by atoms with Crippen molar-refractivity contribution in [3.05, 3.63) is 28.6 Å². The normalized spacial score (nSPS) is 37.4. The molecule has 1 aliphatic heterocycles. The number of amides is 2. The molecule has 1 aromatic heterocycles. The third kappa shape index (κ3) is 7.64. The van der Waals surface area contributed by atoms with Gasteiger partial charge in [-0.25, -0.2) is 0 Å². The number of alkyl halides is 3. The molecule has 0 aromatic carbocycles. The number of aromatic nitrogens is 2. The monoisotopic (exact) mass is 981 g/mol. The Labute approximate surface area is 409 Å². The van der Waals surface area contributed by atoms with Crippen molar-refractivity contribution >= 4 is 35.4 Å². The van der Waals surface area contributed by atoms with Gasteiger partial charge in [0.2, 0.25) is 5.91 Å². The van der Waals surface area contributed by atoms with Crippen LogP contribution in [0.1, 0.15) is 167 Å². The first-order chi connectivity index (χ1) is 32.6. The zero-order valence-corrected chi connectivity index (χ0v) is 42.6. The van der Waals surface area contributed by atoms with E-state index in [9.17, 15) is 47.0 Å². The Hall–Kier alpha value is -4.12. The van der Waals surface area contributed by atoms with Gasteiger partial charge < -0.3 is 25.8 Å². The molecule has 386 valence electrons. The first kappa shape index (κ1) is 50.8. The number of esters is 1. The van der Waals surface area contributed by atoms with E-state index in [-0.39, 0.29) is 83.1 Å². The summed E-state index contributed by atoms with van der Waals surface area (Å²) in [7, 11) is 0. The predicted molar refractivity (Wildman–Crippen MR) is 252 cm³/mol. The molecule has 7 aliphatic carbocycles. The highest BCUT2D eigenvalue weighted by molar-refractivity contribution is 6.04. The average molecular weight is 981 g/mol. The Kier molecular flexibility index (Phi) is 12.3. The van der Waals surface area contributed by atoms with Gasteiger partial charge in [0.1, 0.15) is 17.3 Å². The molecule has 6 saturated carbocycles. The molecule has 1 aromatic rings. The lowest BCUT2D eigenvalue weighted by Gasteiger charge is -2.72. The molecular weight excluding hydrogens is 906 g/mol. The van der Waals surface area contributed by atoms with Gasteiger partial charge in [-0.3, -0.25) is 33.7 Å². The third-order valence-electron chi connectivity index (χ3n) is 20.9. The molecule has 8 aliphatic rings. The van der Waals surface area contributed by atoms with Gasteiger partial charge in [0.25, 0.3) is 11.8 Å². The molecule has 17 heteroatoms. The van der Waals surface area contributed by atoms with Gasteiger partial charge in [0.05, 0.1) is 23.9 Å². The van der Waals surface area contributed by atoms with Crippen molar-refractivity contribution in [2.75, 3.05) is 32.7 Å². The number of carbonyl (C=O) groups excluding carboxylic acids is 5. The molecule has 0 unspecified atom stereocenters. The third-order valence-corrected chi connectivity index (χ3v) is 20.9. The zero-order chi connectivity index (χ0) is 50.9. The predicted octanol–water partition coefficient (Wildman–Crippen LogP) is 7.61. The summed E-state index contributed by atoms with van der Waals surface area (Å²) >= 11 is 0. The minimum atomic E-state index is -4.92. The fourth-order valence-electron chi connectivity index (χ4n) is 16.5. The molecule has 14 nitrogen and oxygen atoms in total. The summed E-state index contributed by atoms with van der Waals surface area (Å²) < 4.78 is 49.1. The van der Waals surface area contributed by atoms with Crippen molar-refractivity contribution in [3.8, 4) is 0 Å². The Bertz CT molecular complexity index is 2400. The van der Waals surface area contributed by atoms with E-state index in [1.807, 2.05) is 27.7 Å². The molecule has 0 spiro atoms. The van der Waals surface area contributed by atoms with Crippen LogP contribution in [0.5, 0.6) is 0 Å². The van der Waals surface area contributed by atoms with Crippen molar-refractivity contribution in [3.63, 3.8) is 0 Å². The molecule has 9 rings (SSSR count). The SMILES string of the molecule is CC(C)C1=C2[C@H]3CC[C@@H]4[C@@]5(C)CC[C@H](OC(=O)[C@H]6C[C@@H](C(=O)O)C6(C)C)C(C)(C)[C@@H]5CC[C@@]4(C)[C@]3(C)CC[C@@]2(NC(=O)C2(NC(=O)c3cc(C(F)(F)F)nn3C(=O)CN3CCNCC3)CCC2)CC1=O. The van der Waals surface area contributed by atoms with Crippen LogP contribution in [0.3, 0.4) is 0 Å². The molecule has 10 atom stereocenters. The smallest absolute Gasteiger partial charge is 0.435 e. The highest BCUT2D eigenvalue weighted by Crippen LogP contribution is 2.76. The van der Waals surface area contributed by atoms with Crippen molar-refractivity contribution in [2.45, 2.75) is 169 Å². The van der Waals surface area contributed by atoms with E-state index in [2.05, 4.69) is 55.7 Å². The second-order valence-corrected chi connectivity index (χ2v) is 25.2. The number of rotatable bonds is 10. The van der Waals surface area contributed by atoms with Crippen LogP contribution in [0.2, 0.25) is 0 Å². The number of ketones is 1. The highest BCUT2D eigenvalue weighted by Gasteiger charge is 2.71. The molecule has 2 amide bonds. The van der Waals surface area contributed by atoms with Gasteiger partial charge in [0.15, 0.2) is 11.5 Å². The Morgan fingerprint density at radius 3 is 2.14 bits per heavy atom. The number of carboxylic acid groups (broad SMARTS) is 1. The minimum absolute atomic E-state index is 0.00848. The number of aliphatic carboxylic acids is 1. The number of halogens is 3. The van der Waals surface area contributed by atoms with Gasteiger partial charge >= 0.3 is 18.1 Å². The number of carbonyl (C=O) groups is 6. The zero-order valence-electron chi connectivity index (χ0n) is 42.6. The second kappa shape index (κ2) is 17.0. The van der Waals surface area contributed by atoms with Crippen LogP contribution in [-0.4, -0.2) is 105 Å². The molecule has 4 N–H and O–H groups in total. The molecule has 1 saturated heterocycles. The van der Waals surface area contributed by atoms with Gasteiger partial charge in [-0.05, 0) is 134 Å². The van der Waals surface area contributed by atoms with E-state index in [1.54, 1.807) is 4.90 Å². The summed E-state index contributed by atoms with van der Waals surface area (Å²) in [6, 6.07) is 0.573. The first-order valence-electron chi connectivity index (χ1n) is 26.1. The van der Waals surface area contributed by atoms with E-state index in [0.717, 1.165) is 56.1 Å². The number of allylic oxidation sites excluding steroid dienone is 1. The van der Waals surface area contributed by atoms with Crippen molar-refractivity contribution in [2.24, 2.45) is 62.6 Å². The van der Waals surface area contributed by atoms with Crippen molar-refractivity contribution < 1.29 is 51.8 Å². The Balaban J connectivity index is 0.956. The first-order valence-corrected chi connectivity index (χ1v) is 26.1. The van der Waals surface area contributed by atoms with E-state index >= 15 is 0 Å². The fourth-order valence-corrected chi connectivity index (χ4v) is 16.5. The summed E-state index contributed by atoms with van der Waals surface area (Å²) in [5.41, 5.74) is -4.10. The maximum absolute atomic E-state index is 15.0. The van der Waals surface area contributed by atoms with Gasteiger partial charge in [-0.15, -0.1) is 0 Å². The molecule has 0 bridgehead atoms. The van der Waals surface area contributed by atoms with E-state index < -0.39 is 69.6 Å². The number of nitrogens with one attached hydrogen (secondary N) is 3. The van der Waals surface area contributed by atoms with E-state index in [1.165, 1.54) is 0 Å². The summed E-state index contributed by atoms with van der Waals surface area (Å²) in [5, 5.41) is 22.6. The number of hydrogen-bond acceptors (Lipinski definition) is 10. The Morgan fingerprint density at radius 2 is 1.54 bits per heavy atom. The van der Waals surface area contributed by atoms with Gasteiger partial charge in [-0.1, -0.05) is 62.3 Å². The number of hydrogen-bond donors (Lipinski definition) is 4. The van der Waals surface area contributed by atoms with Gasteiger partial charge in [-0.2, -0.15) is 23.0 Å². The highest BCUT2D eigenvalue weighted by atomic mass is 19.4. The lowest BCUT2D eigenvalue weighted by molar-refractivity contribution is -0.235. The number of fused-ring (bicyclic) bond motifs is 7. The van der Waals surface area contributed by atoms with Crippen LogP contribution in [0.25, 0.3) is 0 Å². The van der Waals surface area contributed by atoms with Crippen LogP contribution in [0.4, 0.5) is 13.2 Å². The summed E-state index contributed by atoms with van der Waals surface area (Å²) in [6.07, 6.45) is 2.74. The van der Waals surface area contributed by atoms with Gasteiger partial charge in [0, 0.05) is 44.1 Å². The topological polar surface area (TPSA) is 189 Å². The fraction of sp³-hybridized carbons (Fsp3) is 0.792. The van der Waals surface area contributed by atoms with E-state index in [0.29, 0.717) is 62.1 Å². The van der Waals surface area contributed by atoms with Crippen molar-refractivity contribution in [1.82, 2.24) is 30.6 Å². The number of piperazine rings is 1. The maximum atomic E-state index is 15.0. The molecule has 70 heavy (non-hydrogen) atoms. The number of carboxylic acids is 1. The number of ether oxygens (including phenoxy) is 1. The van der Waals surface area contributed by atoms with E-state index in [4.69, 9.17) is 4.74 Å². The summed E-state index contributed by atoms with van der Waals surface area (Å²) in [6.45, 7) is 21.6. The van der Waals surface area contributed by atoms with Crippen LogP contribution >= 0.6 is 0 Å². The van der Waals surface area contributed by atoms with Crippen LogP contribution in [0, 0.1) is 62.6 Å². The summed E-state index contributed by atoms with van der Waals surface area (Å²) in [4.78, 5) is 84.4. The minimum Gasteiger partial charge on any atom is -0.481 e. The average Bonchev–Trinajstić information content (AvgIpc) is 3.84. The lowest BCUT2D eigenvalue weighted by atomic mass is 9.33. The largest absolute Gasteiger partial charge is 0.481 e. The van der Waals surface area contributed by atoms with Crippen LogP contribution in [0.15, 0.2) is 17.2 Å². The molecule has 2 heterocycles. The molecule has 0 radical (unpaired) electrons. The quantitative estimate of drug-likeness (QED) is 0.169. The number of nitrogens with zero attached hydrogens (tertiary/aromatic N) is 3. The van der Waals surface area contributed by atoms with Crippen molar-refractivity contribution in [1.29, 1.82) is 0 Å². The summed E-state index contributed by atoms with van der Waals surface area (Å²) in [5.74, 6) is -3.96. The molecule has 7 fully saturated rings. The Morgan fingerprint density at radius 1 is 0.857 bits per heavy atom. The maximum Gasteiger partial charge on any atom is 0.435 e. The lowest BCUT2D eigenvalue weighted by Crippen LogP contribution is -2.70.